The minimum absolute atomic E-state index is 0.0168. The molecular formula is C22H24BrN3O. The molecule has 1 heterocycles. The van der Waals surface area contributed by atoms with Crippen LogP contribution in [0.2, 0.25) is 0 Å². The van der Waals surface area contributed by atoms with E-state index >= 15 is 0 Å². The summed E-state index contributed by atoms with van der Waals surface area (Å²) in [7, 11) is 2.12. The molecule has 0 saturated heterocycles. The molecule has 0 spiro atoms. The van der Waals surface area contributed by atoms with Crippen LogP contribution in [0.15, 0.2) is 52.0 Å². The Morgan fingerprint density at radius 2 is 1.96 bits per heavy atom. The lowest BCUT2D eigenvalue weighted by Crippen LogP contribution is -2.42. The van der Waals surface area contributed by atoms with Gasteiger partial charge in [-0.2, -0.15) is 5.10 Å². The number of benzene rings is 2. The Bertz CT molecular complexity index is 960. The molecule has 3 rings (SSSR count). The van der Waals surface area contributed by atoms with Gasteiger partial charge in [0.25, 0.3) is 5.91 Å². The number of rotatable bonds is 3. The van der Waals surface area contributed by atoms with Gasteiger partial charge >= 0.3 is 0 Å². The van der Waals surface area contributed by atoms with Crippen LogP contribution in [-0.4, -0.2) is 24.7 Å². The van der Waals surface area contributed by atoms with Crippen LogP contribution in [-0.2, 0) is 0 Å². The number of anilines is 1. The fourth-order valence-electron chi connectivity index (χ4n) is 3.31. The summed E-state index contributed by atoms with van der Waals surface area (Å²) in [6, 6.07) is 11.5. The second-order valence-corrected chi connectivity index (χ2v) is 8.39. The van der Waals surface area contributed by atoms with Crippen LogP contribution in [0.1, 0.15) is 47.8 Å². The number of nitrogens with zero attached hydrogens (tertiary/aromatic N) is 2. The molecule has 2 aromatic rings. The van der Waals surface area contributed by atoms with Crippen molar-refractivity contribution >= 4 is 39.3 Å². The number of hydrazone groups is 1. The highest BCUT2D eigenvalue weighted by Gasteiger charge is 2.28. The van der Waals surface area contributed by atoms with Crippen molar-refractivity contribution in [3.8, 4) is 0 Å². The van der Waals surface area contributed by atoms with Crippen molar-refractivity contribution in [3.05, 3.63) is 69.2 Å². The van der Waals surface area contributed by atoms with Gasteiger partial charge in [-0.3, -0.25) is 4.79 Å². The predicted octanol–water partition coefficient (Wildman–Crippen LogP) is 5.15. The molecule has 1 aliphatic heterocycles. The van der Waals surface area contributed by atoms with Crippen LogP contribution in [0.4, 0.5) is 5.69 Å². The molecule has 0 radical (unpaired) electrons. The molecule has 0 atom stereocenters. The minimum atomic E-state index is -0.235. The lowest BCUT2D eigenvalue weighted by Gasteiger charge is -2.41. The zero-order chi connectivity index (χ0) is 19.8. The molecule has 0 aliphatic carbocycles. The first-order valence-electron chi connectivity index (χ1n) is 8.86. The summed E-state index contributed by atoms with van der Waals surface area (Å²) < 4.78 is 0.860. The molecule has 140 valence electrons. The smallest absolute Gasteiger partial charge is 0.271 e. The summed E-state index contributed by atoms with van der Waals surface area (Å²) in [5.74, 6) is -0.235. The van der Waals surface area contributed by atoms with E-state index in [0.29, 0.717) is 5.56 Å². The Balaban J connectivity index is 1.83. The van der Waals surface area contributed by atoms with E-state index in [2.05, 4.69) is 84.3 Å². The van der Waals surface area contributed by atoms with Crippen LogP contribution < -0.4 is 10.3 Å². The van der Waals surface area contributed by atoms with Crippen LogP contribution in [0.5, 0.6) is 0 Å². The Morgan fingerprint density at radius 1 is 1.22 bits per heavy atom. The molecule has 1 aliphatic rings. The molecule has 5 heteroatoms. The van der Waals surface area contributed by atoms with Crippen molar-refractivity contribution in [1.29, 1.82) is 0 Å². The second-order valence-electron chi connectivity index (χ2n) is 7.48. The normalized spacial score (nSPS) is 15.5. The number of hydrogen-bond acceptors (Lipinski definition) is 3. The Kier molecular flexibility index (Phi) is 5.24. The van der Waals surface area contributed by atoms with Gasteiger partial charge < -0.3 is 4.90 Å². The Morgan fingerprint density at radius 3 is 2.67 bits per heavy atom. The molecule has 0 aromatic heterocycles. The van der Waals surface area contributed by atoms with Crippen LogP contribution in [0, 0.1) is 6.92 Å². The highest BCUT2D eigenvalue weighted by Crippen LogP contribution is 2.38. The van der Waals surface area contributed by atoms with Crippen molar-refractivity contribution in [2.45, 2.75) is 33.2 Å². The number of allylic oxidation sites excluding steroid dienone is 1. The average Bonchev–Trinajstić information content (AvgIpc) is 2.60. The second kappa shape index (κ2) is 7.31. The molecule has 4 nitrogen and oxygen atoms in total. The molecule has 0 unspecified atom stereocenters. The molecule has 0 saturated carbocycles. The van der Waals surface area contributed by atoms with Gasteiger partial charge in [-0.05, 0) is 74.7 Å². The zero-order valence-corrected chi connectivity index (χ0v) is 17.9. The van der Waals surface area contributed by atoms with Crippen LogP contribution >= 0.6 is 15.9 Å². The third-order valence-electron chi connectivity index (χ3n) is 5.06. The van der Waals surface area contributed by atoms with E-state index in [4.69, 9.17) is 0 Å². The standard InChI is InChI=1S/C22H24BrN3O/c1-14-9-20-19(15(2)12-22(3,4)26(20)5)11-17(14)13-24-25-21(27)16-7-6-8-18(23)10-16/h6-13H,1-5H3,(H,25,27)/b24-13-. The fraction of sp³-hybridized carbons (Fsp3) is 0.273. The maximum Gasteiger partial charge on any atom is 0.271 e. The van der Waals surface area contributed by atoms with Gasteiger partial charge in [-0.15, -0.1) is 0 Å². The summed E-state index contributed by atoms with van der Waals surface area (Å²) in [6.45, 7) is 8.62. The first-order valence-corrected chi connectivity index (χ1v) is 9.65. The molecular weight excluding hydrogens is 402 g/mol. The van der Waals surface area contributed by atoms with Crippen molar-refractivity contribution < 1.29 is 4.79 Å². The number of likely N-dealkylation sites (N-methyl/N-ethyl adjacent to an activating group) is 1. The maximum absolute atomic E-state index is 12.2. The number of halogens is 1. The van der Waals surface area contributed by atoms with E-state index in [1.54, 1.807) is 18.3 Å². The molecule has 1 N–H and O–H groups in total. The van der Waals surface area contributed by atoms with Gasteiger partial charge in [0.15, 0.2) is 0 Å². The average molecular weight is 426 g/mol. The SMILES string of the molecule is CC1=CC(C)(C)N(C)c2cc(C)c(/C=N\NC(=O)c3cccc(Br)c3)cc21. The molecule has 0 bridgehead atoms. The van der Waals surface area contributed by atoms with Crippen molar-refractivity contribution in [2.24, 2.45) is 5.10 Å². The van der Waals surface area contributed by atoms with E-state index in [1.165, 1.54) is 16.8 Å². The van der Waals surface area contributed by atoms with Crippen molar-refractivity contribution in [1.82, 2.24) is 5.43 Å². The van der Waals surface area contributed by atoms with Gasteiger partial charge in [0.05, 0.1) is 11.8 Å². The number of amides is 1. The number of hydrogen-bond donors (Lipinski definition) is 1. The first-order chi connectivity index (χ1) is 12.7. The van der Waals surface area contributed by atoms with Gasteiger partial charge in [0.1, 0.15) is 0 Å². The van der Waals surface area contributed by atoms with E-state index in [9.17, 15) is 4.79 Å². The van der Waals surface area contributed by atoms with Crippen molar-refractivity contribution in [2.75, 3.05) is 11.9 Å². The maximum atomic E-state index is 12.2. The van der Waals surface area contributed by atoms with E-state index in [-0.39, 0.29) is 11.4 Å². The summed E-state index contributed by atoms with van der Waals surface area (Å²) in [4.78, 5) is 14.5. The topological polar surface area (TPSA) is 44.7 Å². The predicted molar refractivity (Wildman–Crippen MR) is 117 cm³/mol. The monoisotopic (exact) mass is 425 g/mol. The largest absolute Gasteiger partial charge is 0.365 e. The number of nitrogens with one attached hydrogen (secondary N) is 1. The van der Waals surface area contributed by atoms with Gasteiger partial charge in [0.2, 0.25) is 0 Å². The quantitative estimate of drug-likeness (QED) is 0.545. The third-order valence-corrected chi connectivity index (χ3v) is 5.55. The lowest BCUT2D eigenvalue weighted by molar-refractivity contribution is 0.0955. The fourth-order valence-corrected chi connectivity index (χ4v) is 3.71. The van der Waals surface area contributed by atoms with Gasteiger partial charge in [0, 0.05) is 28.3 Å². The van der Waals surface area contributed by atoms with Crippen molar-refractivity contribution in [3.63, 3.8) is 0 Å². The van der Waals surface area contributed by atoms with Crippen LogP contribution in [0.25, 0.3) is 5.57 Å². The van der Waals surface area contributed by atoms with Gasteiger partial charge in [-0.1, -0.05) is 28.1 Å². The summed E-state index contributed by atoms with van der Waals surface area (Å²) in [5.41, 5.74) is 8.91. The van der Waals surface area contributed by atoms with Gasteiger partial charge in [-0.25, -0.2) is 5.43 Å². The summed E-state index contributed by atoms with van der Waals surface area (Å²) in [5, 5.41) is 4.16. The third kappa shape index (κ3) is 3.98. The lowest BCUT2D eigenvalue weighted by atomic mass is 9.87. The Labute approximate surface area is 169 Å². The molecule has 27 heavy (non-hydrogen) atoms. The highest BCUT2D eigenvalue weighted by molar-refractivity contribution is 9.10. The summed E-state index contributed by atoms with van der Waals surface area (Å²) >= 11 is 3.37. The van der Waals surface area contributed by atoms with E-state index in [0.717, 1.165) is 15.6 Å². The Hall–Kier alpha value is -2.40. The minimum Gasteiger partial charge on any atom is -0.365 e. The molecule has 2 aromatic carbocycles. The van der Waals surface area contributed by atoms with Crippen LogP contribution in [0.3, 0.4) is 0 Å². The number of fused-ring (bicyclic) bond motifs is 1. The number of aryl methyl sites for hydroxylation is 1. The molecule has 0 fully saturated rings. The van der Waals surface area contributed by atoms with E-state index in [1.807, 2.05) is 12.1 Å². The summed E-state index contributed by atoms with van der Waals surface area (Å²) in [6.07, 6.45) is 3.99. The number of carbonyl (C=O) groups excluding carboxylic acids is 1. The van der Waals surface area contributed by atoms with E-state index < -0.39 is 0 Å². The highest BCUT2D eigenvalue weighted by atomic mass is 79.9. The zero-order valence-electron chi connectivity index (χ0n) is 16.3. The number of carbonyl (C=O) groups is 1. The molecule has 1 amide bonds. The first kappa shape index (κ1) is 19.4.